The van der Waals surface area contributed by atoms with E-state index in [4.69, 9.17) is 40.9 Å². The Morgan fingerprint density at radius 3 is 0.567 bits per heavy atom. The molecule has 0 bridgehead atoms. The molecule has 0 saturated carbocycles. The van der Waals surface area contributed by atoms with Gasteiger partial charge in [0.2, 0.25) is 0 Å². The van der Waals surface area contributed by atoms with Gasteiger partial charge in [-0.25, -0.2) is 0 Å². The van der Waals surface area contributed by atoms with Gasteiger partial charge in [0.05, 0.1) is 23.9 Å². The van der Waals surface area contributed by atoms with E-state index >= 15 is 0 Å². The van der Waals surface area contributed by atoms with Crippen LogP contribution in [0.25, 0.3) is 0 Å². The standard InChI is InChI=1S/2C6H10O8.2Ca/c2*7-1(3(9)5(11)12)2(8)4(10)6(13)14;;/h2*1-4,7-10H,(H,11,12)(H,13,14);;/q;;2*+2/p-4/t1-,2+,3+,4-;1-,2+,3-,4-;;/m.0../s1. The largest absolute Gasteiger partial charge is 2.00 e. The van der Waals surface area contributed by atoms with Crippen molar-refractivity contribution in [3.63, 3.8) is 0 Å². The molecule has 0 heterocycles. The monoisotopic (exact) mass is 496 g/mol. The van der Waals surface area contributed by atoms with Crippen LogP contribution in [-0.4, -0.2) is 189 Å². The van der Waals surface area contributed by atoms with E-state index in [0.29, 0.717) is 0 Å². The van der Waals surface area contributed by atoms with Crippen LogP contribution in [0.1, 0.15) is 0 Å². The summed E-state index contributed by atoms with van der Waals surface area (Å²) < 4.78 is 0. The number of rotatable bonds is 10. The van der Waals surface area contributed by atoms with Crippen molar-refractivity contribution in [1.82, 2.24) is 0 Å². The zero-order valence-electron chi connectivity index (χ0n) is 14.9. The minimum absolute atomic E-state index is 0. The maximum atomic E-state index is 9.96. The van der Waals surface area contributed by atoms with Crippen molar-refractivity contribution in [1.29, 1.82) is 0 Å². The van der Waals surface area contributed by atoms with Gasteiger partial charge < -0.3 is 80.5 Å². The van der Waals surface area contributed by atoms with E-state index in [2.05, 4.69) is 0 Å². The van der Waals surface area contributed by atoms with Crippen LogP contribution in [-0.2, 0) is 19.2 Å². The molecule has 0 aromatic carbocycles. The van der Waals surface area contributed by atoms with Crippen LogP contribution in [0.4, 0.5) is 0 Å². The summed E-state index contributed by atoms with van der Waals surface area (Å²) in [6, 6.07) is 0. The van der Waals surface area contributed by atoms with Crippen LogP contribution in [0.15, 0.2) is 0 Å². The fourth-order valence-corrected chi connectivity index (χ4v) is 1.30. The molecule has 0 radical (unpaired) electrons. The number of carbonyl (C=O) groups is 4. The van der Waals surface area contributed by atoms with E-state index in [0.717, 1.165) is 0 Å². The minimum Gasteiger partial charge on any atom is -0.547 e. The van der Waals surface area contributed by atoms with Crippen LogP contribution in [0.2, 0.25) is 0 Å². The van der Waals surface area contributed by atoms with Crippen molar-refractivity contribution >= 4 is 99.4 Å². The van der Waals surface area contributed by atoms with Crippen molar-refractivity contribution in [2.75, 3.05) is 0 Å². The Hall–Kier alpha value is 0.0795. The van der Waals surface area contributed by atoms with Gasteiger partial charge in [0.25, 0.3) is 0 Å². The normalized spacial score (nSPS) is 18.1. The SMILES string of the molecule is O=C([O-])[C@@H](O)[C@H](O)[C@H](O)[C@@H](O)C(=O)[O-].O=C([O-])[C@@H](O)[C@H](O)[C@H](O)[C@H](O)C(=O)[O-].[Ca+2].[Ca+2]. The molecule has 16 nitrogen and oxygen atoms in total. The van der Waals surface area contributed by atoms with Gasteiger partial charge in [-0.05, 0) is 0 Å². The summed E-state index contributed by atoms with van der Waals surface area (Å²) in [6.07, 6.45) is -19.5. The van der Waals surface area contributed by atoms with Gasteiger partial charge in [0.15, 0.2) is 0 Å². The molecule has 0 amide bonds. The zero-order chi connectivity index (χ0) is 22.9. The van der Waals surface area contributed by atoms with Crippen LogP contribution >= 0.6 is 0 Å². The van der Waals surface area contributed by atoms with Gasteiger partial charge in [-0.15, -0.1) is 0 Å². The zero-order valence-corrected chi connectivity index (χ0v) is 19.3. The first-order valence-corrected chi connectivity index (χ1v) is 6.85. The molecule has 0 aliphatic rings. The Kier molecular flexibility index (Phi) is 22.0. The molecule has 30 heavy (non-hydrogen) atoms. The molecule has 164 valence electrons. The summed E-state index contributed by atoms with van der Waals surface area (Å²) in [5.41, 5.74) is 0. The summed E-state index contributed by atoms with van der Waals surface area (Å²) in [4.78, 5) is 39.8. The number of hydrogen-bond donors (Lipinski definition) is 8. The second-order valence-corrected chi connectivity index (χ2v) is 5.02. The summed E-state index contributed by atoms with van der Waals surface area (Å²) in [6.45, 7) is 0. The van der Waals surface area contributed by atoms with Gasteiger partial charge in [-0.3, -0.25) is 0 Å². The second kappa shape index (κ2) is 17.6. The van der Waals surface area contributed by atoms with Gasteiger partial charge in [0.1, 0.15) is 48.8 Å². The Balaban J connectivity index is -0.000000211. The molecule has 0 aromatic heterocycles. The van der Waals surface area contributed by atoms with Gasteiger partial charge in [0, 0.05) is 0 Å². The summed E-state index contributed by atoms with van der Waals surface area (Å²) in [5, 5.41) is 109. The first-order valence-electron chi connectivity index (χ1n) is 6.85. The molecule has 0 unspecified atom stereocenters. The first-order chi connectivity index (χ1) is 12.6. The van der Waals surface area contributed by atoms with E-state index in [1.807, 2.05) is 0 Å². The third-order valence-corrected chi connectivity index (χ3v) is 2.96. The number of carboxylic acid groups (broad SMARTS) is 4. The Morgan fingerprint density at radius 2 is 0.500 bits per heavy atom. The fraction of sp³-hybridized carbons (Fsp3) is 0.667. The smallest absolute Gasteiger partial charge is 0.547 e. The Morgan fingerprint density at radius 1 is 0.400 bits per heavy atom. The molecule has 0 aliphatic heterocycles. The number of aliphatic hydroxyl groups is 8. The van der Waals surface area contributed by atoms with E-state index in [1.165, 1.54) is 0 Å². The number of hydrogen-bond acceptors (Lipinski definition) is 16. The number of aliphatic hydroxyl groups excluding tert-OH is 8. The molecule has 0 spiro atoms. The molecule has 0 aromatic rings. The summed E-state index contributed by atoms with van der Waals surface area (Å²) in [7, 11) is 0. The van der Waals surface area contributed by atoms with Crippen molar-refractivity contribution in [3.8, 4) is 0 Å². The fourth-order valence-electron chi connectivity index (χ4n) is 1.30. The minimum atomic E-state index is -2.50. The molecule has 0 rings (SSSR count). The average molecular weight is 496 g/mol. The molecule has 18 heteroatoms. The topological polar surface area (TPSA) is 322 Å². The Labute approximate surface area is 226 Å². The van der Waals surface area contributed by atoms with Crippen LogP contribution < -0.4 is 20.4 Å². The number of aliphatic carboxylic acids is 4. The maximum absolute atomic E-state index is 9.96. The van der Waals surface area contributed by atoms with Crippen LogP contribution in [0, 0.1) is 0 Å². The maximum Gasteiger partial charge on any atom is 2.00 e. The second-order valence-electron chi connectivity index (χ2n) is 5.02. The molecule has 0 aliphatic carbocycles. The van der Waals surface area contributed by atoms with Crippen molar-refractivity contribution in [3.05, 3.63) is 0 Å². The van der Waals surface area contributed by atoms with Gasteiger partial charge in [-0.1, -0.05) is 0 Å². The predicted octanol–water partition coefficient (Wildman–Crippen LogP) is -12.9. The first kappa shape index (κ1) is 37.4. The van der Waals surface area contributed by atoms with Crippen molar-refractivity contribution < 1.29 is 80.5 Å². The molecular weight excluding hydrogens is 480 g/mol. The van der Waals surface area contributed by atoms with Crippen molar-refractivity contribution in [2.24, 2.45) is 0 Å². The quantitative estimate of drug-likeness (QED) is 0.130. The molecule has 8 atom stereocenters. The number of carbonyl (C=O) groups excluding carboxylic acids is 4. The van der Waals surface area contributed by atoms with Crippen LogP contribution in [0.3, 0.4) is 0 Å². The third kappa shape index (κ3) is 12.8. The molecule has 0 saturated heterocycles. The predicted molar refractivity (Wildman–Crippen MR) is 79.6 cm³/mol. The van der Waals surface area contributed by atoms with Crippen LogP contribution in [0.5, 0.6) is 0 Å². The van der Waals surface area contributed by atoms with Gasteiger partial charge >= 0.3 is 75.5 Å². The summed E-state index contributed by atoms with van der Waals surface area (Å²) >= 11 is 0. The van der Waals surface area contributed by atoms with Gasteiger partial charge in [-0.2, -0.15) is 0 Å². The van der Waals surface area contributed by atoms with E-state index in [-0.39, 0.29) is 75.5 Å². The summed E-state index contributed by atoms with van der Waals surface area (Å²) in [5.74, 6) is -8.44. The van der Waals surface area contributed by atoms with E-state index in [1.54, 1.807) is 0 Å². The average Bonchev–Trinajstić information content (AvgIpc) is 2.62. The number of carboxylic acids is 4. The Bertz CT molecular complexity index is 462. The molecule has 8 N–H and O–H groups in total. The van der Waals surface area contributed by atoms with E-state index < -0.39 is 72.7 Å². The van der Waals surface area contributed by atoms with Crippen molar-refractivity contribution in [2.45, 2.75) is 48.8 Å². The molecule has 0 fully saturated rings. The van der Waals surface area contributed by atoms with E-state index in [9.17, 15) is 39.6 Å². The molecular formula is C12H16Ca2O16. The third-order valence-electron chi connectivity index (χ3n) is 2.96.